The second kappa shape index (κ2) is 3.70. The highest BCUT2D eigenvalue weighted by Gasteiger charge is 2.44. The summed E-state index contributed by atoms with van der Waals surface area (Å²) in [5.41, 5.74) is 1.15. The van der Waals surface area contributed by atoms with Gasteiger partial charge in [0, 0.05) is 11.8 Å². The quantitative estimate of drug-likeness (QED) is 0.723. The van der Waals surface area contributed by atoms with Crippen LogP contribution in [-0.2, 0) is 4.79 Å². The third kappa shape index (κ3) is 1.57. The Morgan fingerprint density at radius 2 is 2.25 bits per heavy atom. The molecule has 0 unspecified atom stereocenters. The standard InChI is InChI=1S/C14H18O2/c1-4-5-14(16)8-10(3)11-7-12(14)9(2)6-13(11)15/h4,6,8,11-12,16H,1,5,7H2,2-3H3/t11-,12-,14+/m1/s1. The topological polar surface area (TPSA) is 37.3 Å². The molecule has 2 aliphatic carbocycles. The van der Waals surface area contributed by atoms with E-state index in [1.165, 1.54) is 0 Å². The van der Waals surface area contributed by atoms with Crippen molar-refractivity contribution in [2.75, 3.05) is 0 Å². The van der Waals surface area contributed by atoms with Crippen LogP contribution in [0.25, 0.3) is 0 Å². The number of hydrogen-bond donors (Lipinski definition) is 1. The van der Waals surface area contributed by atoms with E-state index in [4.69, 9.17) is 0 Å². The lowest BCUT2D eigenvalue weighted by molar-refractivity contribution is -0.119. The number of ketones is 1. The second-order valence-electron chi connectivity index (χ2n) is 5.00. The summed E-state index contributed by atoms with van der Waals surface area (Å²) in [6, 6.07) is 0. The fourth-order valence-electron chi connectivity index (χ4n) is 3.00. The lowest BCUT2D eigenvalue weighted by Gasteiger charge is -2.43. The average molecular weight is 218 g/mol. The molecule has 0 aliphatic heterocycles. The zero-order valence-electron chi connectivity index (χ0n) is 9.86. The van der Waals surface area contributed by atoms with Crippen molar-refractivity contribution in [3.63, 3.8) is 0 Å². The van der Waals surface area contributed by atoms with Crippen molar-refractivity contribution in [2.24, 2.45) is 11.8 Å². The molecule has 3 atom stereocenters. The van der Waals surface area contributed by atoms with Crippen LogP contribution in [0.15, 0.2) is 36.0 Å². The molecule has 16 heavy (non-hydrogen) atoms. The molecule has 2 heteroatoms. The van der Waals surface area contributed by atoms with Gasteiger partial charge in [-0.1, -0.05) is 23.3 Å². The lowest BCUT2D eigenvalue weighted by Crippen LogP contribution is -2.44. The molecule has 0 heterocycles. The van der Waals surface area contributed by atoms with Gasteiger partial charge in [0.1, 0.15) is 0 Å². The number of carbonyl (C=O) groups is 1. The molecule has 0 fully saturated rings. The molecule has 0 aromatic rings. The highest BCUT2D eigenvalue weighted by Crippen LogP contribution is 2.44. The van der Waals surface area contributed by atoms with Crippen molar-refractivity contribution >= 4 is 5.78 Å². The van der Waals surface area contributed by atoms with Gasteiger partial charge in [0.15, 0.2) is 5.78 Å². The van der Waals surface area contributed by atoms with E-state index in [9.17, 15) is 9.90 Å². The molecule has 0 aromatic heterocycles. The number of allylic oxidation sites excluding steroid dienone is 2. The Hall–Kier alpha value is -1.15. The van der Waals surface area contributed by atoms with Gasteiger partial charge >= 0.3 is 0 Å². The van der Waals surface area contributed by atoms with Crippen LogP contribution in [-0.4, -0.2) is 16.5 Å². The van der Waals surface area contributed by atoms with Crippen LogP contribution in [0.4, 0.5) is 0 Å². The van der Waals surface area contributed by atoms with Gasteiger partial charge in [-0.25, -0.2) is 0 Å². The van der Waals surface area contributed by atoms with E-state index < -0.39 is 5.60 Å². The molecule has 0 aromatic carbocycles. The summed E-state index contributed by atoms with van der Waals surface area (Å²) in [6.45, 7) is 7.56. The monoisotopic (exact) mass is 218 g/mol. The van der Waals surface area contributed by atoms with Crippen LogP contribution in [0.5, 0.6) is 0 Å². The van der Waals surface area contributed by atoms with Crippen LogP contribution in [0.2, 0.25) is 0 Å². The van der Waals surface area contributed by atoms with E-state index in [1.54, 1.807) is 12.2 Å². The molecular formula is C14H18O2. The van der Waals surface area contributed by atoms with Crippen LogP contribution in [0, 0.1) is 11.8 Å². The minimum Gasteiger partial charge on any atom is -0.385 e. The number of fused-ring (bicyclic) bond motifs is 2. The van der Waals surface area contributed by atoms with Crippen LogP contribution in [0.3, 0.4) is 0 Å². The average Bonchev–Trinajstić information content (AvgIpc) is 2.16. The largest absolute Gasteiger partial charge is 0.385 e. The molecule has 2 aliphatic rings. The summed E-state index contributed by atoms with van der Waals surface area (Å²) in [7, 11) is 0. The van der Waals surface area contributed by atoms with E-state index in [1.807, 2.05) is 19.9 Å². The van der Waals surface area contributed by atoms with Crippen molar-refractivity contribution < 1.29 is 9.90 Å². The first-order chi connectivity index (χ1) is 7.48. The minimum absolute atomic E-state index is 0.0150. The van der Waals surface area contributed by atoms with Crippen LogP contribution >= 0.6 is 0 Å². The van der Waals surface area contributed by atoms with Crippen LogP contribution < -0.4 is 0 Å². The van der Waals surface area contributed by atoms with Gasteiger partial charge in [-0.15, -0.1) is 6.58 Å². The predicted octanol–water partition coefficient (Wildman–Crippen LogP) is 2.41. The number of carbonyl (C=O) groups excluding carboxylic acids is 1. The predicted molar refractivity (Wildman–Crippen MR) is 63.9 cm³/mol. The maximum Gasteiger partial charge on any atom is 0.162 e. The minimum atomic E-state index is -0.844. The third-order valence-corrected chi connectivity index (χ3v) is 3.84. The highest BCUT2D eigenvalue weighted by atomic mass is 16.3. The zero-order chi connectivity index (χ0) is 11.9. The number of rotatable bonds is 2. The smallest absolute Gasteiger partial charge is 0.162 e. The lowest BCUT2D eigenvalue weighted by atomic mass is 9.64. The maximum absolute atomic E-state index is 11.8. The van der Waals surface area contributed by atoms with Gasteiger partial charge in [0.25, 0.3) is 0 Å². The van der Waals surface area contributed by atoms with Crippen LogP contribution in [0.1, 0.15) is 26.7 Å². The first-order valence-corrected chi connectivity index (χ1v) is 5.72. The van der Waals surface area contributed by atoms with E-state index in [0.717, 1.165) is 17.6 Å². The molecule has 86 valence electrons. The molecule has 0 radical (unpaired) electrons. The number of aliphatic hydroxyl groups is 1. The maximum atomic E-state index is 11.8. The van der Waals surface area contributed by atoms with Gasteiger partial charge in [-0.2, -0.15) is 0 Å². The Kier molecular flexibility index (Phi) is 2.62. The molecule has 1 N–H and O–H groups in total. The molecule has 0 amide bonds. The fraction of sp³-hybridized carbons (Fsp3) is 0.500. The summed E-state index contributed by atoms with van der Waals surface area (Å²) in [4.78, 5) is 11.8. The first kappa shape index (κ1) is 11.3. The number of hydrogen-bond acceptors (Lipinski definition) is 2. The Bertz CT molecular complexity index is 403. The van der Waals surface area contributed by atoms with Gasteiger partial charge in [0.05, 0.1) is 5.60 Å². The fourth-order valence-corrected chi connectivity index (χ4v) is 3.00. The van der Waals surface area contributed by atoms with Gasteiger partial charge < -0.3 is 5.11 Å². The molecule has 0 saturated carbocycles. The highest BCUT2D eigenvalue weighted by molar-refractivity contribution is 5.95. The second-order valence-corrected chi connectivity index (χ2v) is 5.00. The van der Waals surface area contributed by atoms with E-state index >= 15 is 0 Å². The first-order valence-electron chi connectivity index (χ1n) is 5.72. The summed E-state index contributed by atoms with van der Waals surface area (Å²) >= 11 is 0. The van der Waals surface area contributed by atoms with E-state index in [-0.39, 0.29) is 17.6 Å². The summed E-state index contributed by atoms with van der Waals surface area (Å²) in [6.07, 6.45) is 6.59. The molecule has 2 nitrogen and oxygen atoms in total. The van der Waals surface area contributed by atoms with Crippen molar-refractivity contribution in [1.29, 1.82) is 0 Å². The Labute approximate surface area is 96.4 Å². The summed E-state index contributed by atoms with van der Waals surface area (Å²) < 4.78 is 0. The molecule has 0 saturated heterocycles. The van der Waals surface area contributed by atoms with E-state index in [2.05, 4.69) is 6.58 Å². The molecule has 2 bridgehead atoms. The van der Waals surface area contributed by atoms with Gasteiger partial charge in [0.2, 0.25) is 0 Å². The Balaban J connectivity index is 2.46. The Morgan fingerprint density at radius 1 is 1.56 bits per heavy atom. The molecular weight excluding hydrogens is 200 g/mol. The normalized spacial score (nSPS) is 37.8. The van der Waals surface area contributed by atoms with Crippen molar-refractivity contribution in [2.45, 2.75) is 32.3 Å². The SMILES string of the molecule is C=CC[C@]1(O)C=C(C)[C@H]2C[C@@H]1C(C)=CC2=O. The van der Waals surface area contributed by atoms with Gasteiger partial charge in [-0.05, 0) is 32.8 Å². The molecule has 2 rings (SSSR count). The van der Waals surface area contributed by atoms with Crippen molar-refractivity contribution in [3.05, 3.63) is 36.0 Å². The van der Waals surface area contributed by atoms with Crippen molar-refractivity contribution in [1.82, 2.24) is 0 Å². The van der Waals surface area contributed by atoms with Gasteiger partial charge in [-0.3, -0.25) is 4.79 Å². The Morgan fingerprint density at radius 3 is 2.88 bits per heavy atom. The summed E-state index contributed by atoms with van der Waals surface area (Å²) in [5.74, 6) is 0.235. The van der Waals surface area contributed by atoms with E-state index in [0.29, 0.717) is 6.42 Å². The zero-order valence-corrected chi connectivity index (χ0v) is 9.86. The summed E-state index contributed by atoms with van der Waals surface area (Å²) in [5, 5.41) is 10.6. The molecule has 0 spiro atoms. The van der Waals surface area contributed by atoms with Crippen molar-refractivity contribution in [3.8, 4) is 0 Å². The third-order valence-electron chi connectivity index (χ3n) is 3.84.